The topological polar surface area (TPSA) is 128 Å². The fourth-order valence-electron chi connectivity index (χ4n) is 2.93. The number of carboxylic acids is 1. The molecule has 0 aliphatic carbocycles. The number of ether oxygens (including phenoxy) is 3. The zero-order chi connectivity index (χ0) is 21.9. The fraction of sp³-hybridized carbons (Fsp3) is 0.421. The summed E-state index contributed by atoms with van der Waals surface area (Å²) in [6.45, 7) is 2.81. The zero-order valence-electron chi connectivity index (χ0n) is 17.2. The van der Waals surface area contributed by atoms with Crippen LogP contribution in [0, 0.1) is 0 Å². The van der Waals surface area contributed by atoms with Gasteiger partial charge in [-0.15, -0.1) is 0 Å². The largest absolute Gasteiger partial charge is 0.493 e. The minimum atomic E-state index is -1.17. The van der Waals surface area contributed by atoms with Crippen LogP contribution in [0.2, 0.25) is 0 Å². The van der Waals surface area contributed by atoms with E-state index in [0.29, 0.717) is 28.2 Å². The van der Waals surface area contributed by atoms with Gasteiger partial charge in [-0.3, -0.25) is 14.4 Å². The fourth-order valence-corrected chi connectivity index (χ4v) is 2.93. The Balaban J connectivity index is 2.36. The van der Waals surface area contributed by atoms with Crippen LogP contribution in [0.25, 0.3) is 10.9 Å². The molecule has 2 rings (SSSR count). The number of aromatic nitrogens is 1. The van der Waals surface area contributed by atoms with Crippen LogP contribution in [-0.2, 0) is 16.6 Å². The number of benzene rings is 1. The van der Waals surface area contributed by atoms with Gasteiger partial charge >= 0.3 is 5.97 Å². The molecule has 0 radical (unpaired) electrons. The van der Waals surface area contributed by atoms with Gasteiger partial charge in [0.2, 0.25) is 11.7 Å². The third kappa shape index (κ3) is 4.20. The van der Waals surface area contributed by atoms with Gasteiger partial charge in [0.15, 0.2) is 11.5 Å². The maximum Gasteiger partial charge on any atom is 0.325 e. The average Bonchev–Trinajstić information content (AvgIpc) is 3.02. The number of nitrogens with zero attached hydrogens (tertiary/aromatic N) is 1. The highest BCUT2D eigenvalue weighted by molar-refractivity contribution is 6.03. The van der Waals surface area contributed by atoms with Crippen LogP contribution in [0.15, 0.2) is 12.1 Å². The minimum absolute atomic E-state index is 0.277. The highest BCUT2D eigenvalue weighted by Gasteiger charge is 2.25. The van der Waals surface area contributed by atoms with Crippen molar-refractivity contribution in [2.24, 2.45) is 7.05 Å². The molecule has 0 spiro atoms. The first kappa shape index (κ1) is 21.9. The molecule has 29 heavy (non-hydrogen) atoms. The molecule has 1 aromatic carbocycles. The number of carbonyl (C=O) groups excluding carboxylic acids is 2. The molecule has 10 nitrogen and oxygen atoms in total. The van der Waals surface area contributed by atoms with Crippen LogP contribution in [0.3, 0.4) is 0 Å². The summed E-state index contributed by atoms with van der Waals surface area (Å²) in [5.74, 6) is -1.02. The van der Waals surface area contributed by atoms with E-state index in [1.54, 1.807) is 23.7 Å². The maximum absolute atomic E-state index is 12.7. The van der Waals surface area contributed by atoms with Crippen LogP contribution in [0.1, 0.15) is 24.3 Å². The molecule has 2 amide bonds. The Hall–Kier alpha value is -3.43. The third-order valence-corrected chi connectivity index (χ3v) is 4.52. The molecule has 2 aromatic rings. The number of carbonyl (C=O) groups is 3. The molecular weight excluding hydrogens is 382 g/mol. The van der Waals surface area contributed by atoms with E-state index in [9.17, 15) is 14.4 Å². The molecule has 2 atom stereocenters. The number of hydrogen-bond acceptors (Lipinski definition) is 6. The summed E-state index contributed by atoms with van der Waals surface area (Å²) in [7, 11) is 6.15. The first-order chi connectivity index (χ1) is 13.7. The number of rotatable bonds is 8. The van der Waals surface area contributed by atoms with Crippen molar-refractivity contribution in [3.8, 4) is 17.2 Å². The van der Waals surface area contributed by atoms with Crippen molar-refractivity contribution in [2.75, 3.05) is 21.3 Å². The zero-order valence-corrected chi connectivity index (χ0v) is 17.2. The van der Waals surface area contributed by atoms with Gasteiger partial charge in [-0.25, -0.2) is 0 Å². The van der Waals surface area contributed by atoms with Crippen molar-refractivity contribution in [2.45, 2.75) is 25.9 Å². The Morgan fingerprint density at radius 3 is 2.10 bits per heavy atom. The third-order valence-electron chi connectivity index (χ3n) is 4.52. The molecule has 0 aliphatic rings. The van der Waals surface area contributed by atoms with Gasteiger partial charge < -0.3 is 34.5 Å². The SMILES string of the molecule is COc1cc2cc(C(=O)NC(C)C(=O)NC(C)C(=O)O)n(C)c2c(OC)c1OC. The molecule has 1 heterocycles. The van der Waals surface area contributed by atoms with Crippen LogP contribution in [-0.4, -0.2) is 60.9 Å². The molecular formula is C19H25N3O7. The highest BCUT2D eigenvalue weighted by atomic mass is 16.5. The van der Waals surface area contributed by atoms with Gasteiger partial charge in [-0.05, 0) is 26.0 Å². The maximum atomic E-state index is 12.7. The van der Waals surface area contributed by atoms with Gasteiger partial charge in [-0.2, -0.15) is 0 Å². The first-order valence-electron chi connectivity index (χ1n) is 8.78. The lowest BCUT2D eigenvalue weighted by Crippen LogP contribution is -2.49. The lowest BCUT2D eigenvalue weighted by molar-refractivity contribution is -0.141. The molecule has 0 bridgehead atoms. The second-order valence-electron chi connectivity index (χ2n) is 6.44. The molecule has 0 saturated carbocycles. The molecule has 10 heteroatoms. The lowest BCUT2D eigenvalue weighted by Gasteiger charge is -2.17. The second-order valence-corrected chi connectivity index (χ2v) is 6.44. The number of aliphatic carboxylic acids is 1. The van der Waals surface area contributed by atoms with E-state index in [4.69, 9.17) is 19.3 Å². The van der Waals surface area contributed by atoms with Crippen molar-refractivity contribution < 1.29 is 33.7 Å². The van der Waals surface area contributed by atoms with Crippen molar-refractivity contribution >= 4 is 28.7 Å². The smallest absolute Gasteiger partial charge is 0.325 e. The van der Waals surface area contributed by atoms with Gasteiger partial charge in [0.25, 0.3) is 5.91 Å². The van der Waals surface area contributed by atoms with Crippen molar-refractivity contribution in [1.29, 1.82) is 0 Å². The Bertz CT molecular complexity index is 951. The number of nitrogens with one attached hydrogen (secondary N) is 2. The molecule has 0 fully saturated rings. The van der Waals surface area contributed by atoms with E-state index in [1.807, 2.05) is 0 Å². The van der Waals surface area contributed by atoms with E-state index in [2.05, 4.69) is 10.6 Å². The van der Waals surface area contributed by atoms with Crippen LogP contribution >= 0.6 is 0 Å². The van der Waals surface area contributed by atoms with Gasteiger partial charge in [0.1, 0.15) is 17.8 Å². The normalized spacial score (nSPS) is 12.8. The summed E-state index contributed by atoms with van der Waals surface area (Å²) in [6, 6.07) is 1.36. The first-order valence-corrected chi connectivity index (χ1v) is 8.78. The summed E-state index contributed by atoms with van der Waals surface area (Å²) in [5.41, 5.74) is 0.895. The second kappa shape index (κ2) is 8.72. The molecule has 158 valence electrons. The van der Waals surface area contributed by atoms with Gasteiger partial charge in [0.05, 0.1) is 26.8 Å². The standard InChI is InChI=1S/C19H25N3O7/c1-9(17(23)21-10(2)19(25)26)20-18(24)12-7-11-8-13(27-4)15(28-5)16(29-6)14(11)22(12)3/h7-10H,1-6H3,(H,20,24)(H,21,23)(H,25,26). The van der Waals surface area contributed by atoms with Gasteiger partial charge in [-0.1, -0.05) is 0 Å². The molecule has 3 N–H and O–H groups in total. The Morgan fingerprint density at radius 1 is 0.966 bits per heavy atom. The Kier molecular flexibility index (Phi) is 6.57. The van der Waals surface area contributed by atoms with Crippen molar-refractivity contribution in [1.82, 2.24) is 15.2 Å². The van der Waals surface area contributed by atoms with Crippen molar-refractivity contribution in [3.63, 3.8) is 0 Å². The molecule has 0 aliphatic heterocycles. The number of fused-ring (bicyclic) bond motifs is 1. The quantitative estimate of drug-likeness (QED) is 0.593. The minimum Gasteiger partial charge on any atom is -0.493 e. The highest BCUT2D eigenvalue weighted by Crippen LogP contribution is 2.44. The predicted molar refractivity (Wildman–Crippen MR) is 105 cm³/mol. The van der Waals surface area contributed by atoms with E-state index in [-0.39, 0.29) is 5.69 Å². The van der Waals surface area contributed by atoms with E-state index < -0.39 is 29.9 Å². The Morgan fingerprint density at radius 2 is 1.59 bits per heavy atom. The number of hydrogen-bond donors (Lipinski definition) is 3. The van der Waals surface area contributed by atoms with Crippen molar-refractivity contribution in [3.05, 3.63) is 17.8 Å². The number of amides is 2. The predicted octanol–water partition coefficient (Wildman–Crippen LogP) is 0.912. The Labute approximate surface area is 167 Å². The number of methoxy groups -OCH3 is 3. The summed E-state index contributed by atoms with van der Waals surface area (Å²) in [6.07, 6.45) is 0. The molecule has 2 unspecified atom stereocenters. The summed E-state index contributed by atoms with van der Waals surface area (Å²) in [4.78, 5) is 35.7. The molecule has 1 aromatic heterocycles. The van der Waals surface area contributed by atoms with Crippen LogP contribution in [0.5, 0.6) is 17.2 Å². The monoisotopic (exact) mass is 407 g/mol. The lowest BCUT2D eigenvalue weighted by atomic mass is 10.2. The van der Waals surface area contributed by atoms with Gasteiger partial charge in [0, 0.05) is 12.4 Å². The van der Waals surface area contributed by atoms with Crippen LogP contribution in [0.4, 0.5) is 0 Å². The summed E-state index contributed by atoms with van der Waals surface area (Å²) < 4.78 is 17.8. The van der Waals surface area contributed by atoms with E-state index >= 15 is 0 Å². The number of aryl methyl sites for hydroxylation is 1. The number of carboxylic acid groups (broad SMARTS) is 1. The molecule has 0 saturated heterocycles. The average molecular weight is 407 g/mol. The summed E-state index contributed by atoms with van der Waals surface area (Å²) >= 11 is 0. The van der Waals surface area contributed by atoms with E-state index in [1.165, 1.54) is 35.2 Å². The van der Waals surface area contributed by atoms with Crippen LogP contribution < -0.4 is 24.8 Å². The summed E-state index contributed by atoms with van der Waals surface area (Å²) in [5, 5.41) is 14.5. The van der Waals surface area contributed by atoms with E-state index in [0.717, 1.165) is 0 Å².